The minimum absolute atomic E-state index is 0.703. The van der Waals surface area contributed by atoms with E-state index in [4.69, 9.17) is 0 Å². The van der Waals surface area contributed by atoms with E-state index in [9.17, 15) is 0 Å². The summed E-state index contributed by atoms with van der Waals surface area (Å²) in [4.78, 5) is 2.44. The highest BCUT2D eigenvalue weighted by molar-refractivity contribution is 5.47. The smallest absolute Gasteiger partial charge is 0.0366 e. The van der Waals surface area contributed by atoms with Crippen LogP contribution in [0.1, 0.15) is 44.6 Å². The Bertz CT molecular complexity index is 402. The van der Waals surface area contributed by atoms with Gasteiger partial charge in [0.15, 0.2) is 0 Å². The molecule has 0 spiro atoms. The zero-order chi connectivity index (χ0) is 14.4. The number of hydrogen-bond acceptors (Lipinski definition) is 2. The van der Waals surface area contributed by atoms with Gasteiger partial charge in [0.25, 0.3) is 0 Å². The molecule has 1 saturated carbocycles. The summed E-state index contributed by atoms with van der Waals surface area (Å²) in [5.74, 6) is 0.781. The maximum Gasteiger partial charge on any atom is 0.0366 e. The molecular weight excluding hydrogens is 244 g/mol. The lowest BCUT2D eigenvalue weighted by Gasteiger charge is -2.31. The van der Waals surface area contributed by atoms with E-state index in [2.05, 4.69) is 55.4 Å². The Labute approximate surface area is 124 Å². The third-order valence-corrected chi connectivity index (χ3v) is 4.58. The van der Waals surface area contributed by atoms with Gasteiger partial charge in [0.1, 0.15) is 0 Å². The van der Waals surface area contributed by atoms with Crippen LogP contribution in [0.15, 0.2) is 24.3 Å². The van der Waals surface area contributed by atoms with Gasteiger partial charge in [-0.3, -0.25) is 0 Å². The highest BCUT2D eigenvalue weighted by atomic mass is 15.1. The Balaban J connectivity index is 2.01. The highest BCUT2D eigenvalue weighted by Crippen LogP contribution is 2.26. The molecule has 0 aromatic heterocycles. The molecule has 0 bridgehead atoms. The fourth-order valence-corrected chi connectivity index (χ4v) is 3.46. The quantitative estimate of drug-likeness (QED) is 0.817. The van der Waals surface area contributed by atoms with E-state index in [1.807, 2.05) is 0 Å². The third-order valence-electron chi connectivity index (χ3n) is 4.58. The molecule has 1 aromatic carbocycles. The Kier molecular flexibility index (Phi) is 5.90. The third kappa shape index (κ3) is 4.24. The summed E-state index contributed by atoms with van der Waals surface area (Å²) >= 11 is 0. The Hall–Kier alpha value is -1.02. The lowest BCUT2D eigenvalue weighted by atomic mass is 9.94. The van der Waals surface area contributed by atoms with Gasteiger partial charge in [-0.15, -0.1) is 0 Å². The van der Waals surface area contributed by atoms with E-state index in [0.717, 1.165) is 12.5 Å². The summed E-state index contributed by atoms with van der Waals surface area (Å²) in [6.45, 7) is 6.66. The van der Waals surface area contributed by atoms with Crippen molar-refractivity contribution in [2.45, 2.75) is 52.0 Å². The zero-order valence-electron chi connectivity index (χ0n) is 13.4. The van der Waals surface area contributed by atoms with Crippen LogP contribution in [0.25, 0.3) is 0 Å². The summed E-state index contributed by atoms with van der Waals surface area (Å²) in [5.41, 5.74) is 2.70. The van der Waals surface area contributed by atoms with Crippen molar-refractivity contribution in [1.82, 2.24) is 5.32 Å². The average Bonchev–Trinajstić information content (AvgIpc) is 2.65. The largest absolute Gasteiger partial charge is 0.374 e. The minimum Gasteiger partial charge on any atom is -0.374 e. The van der Waals surface area contributed by atoms with E-state index in [1.54, 1.807) is 0 Å². The van der Waals surface area contributed by atoms with Crippen LogP contribution in [-0.2, 0) is 0 Å². The molecule has 1 N–H and O–H groups in total. The standard InChI is InChI=1S/C18H30N2/c1-4-19-18-12-7-5-6-10-16(18)14-20(3)17-11-8-9-15(2)13-17/h8-9,11,13,16,18-19H,4-7,10,12,14H2,1-3H3. The molecule has 0 heterocycles. The van der Waals surface area contributed by atoms with Gasteiger partial charge in [0, 0.05) is 25.3 Å². The molecule has 2 rings (SSSR count). The molecule has 0 saturated heterocycles. The first-order valence-corrected chi connectivity index (χ1v) is 8.22. The van der Waals surface area contributed by atoms with Crippen LogP contribution < -0.4 is 10.2 Å². The second kappa shape index (κ2) is 7.68. The van der Waals surface area contributed by atoms with Crippen LogP contribution in [0.2, 0.25) is 0 Å². The molecule has 0 amide bonds. The van der Waals surface area contributed by atoms with Crippen molar-refractivity contribution in [2.24, 2.45) is 5.92 Å². The first-order chi connectivity index (χ1) is 9.70. The van der Waals surface area contributed by atoms with Gasteiger partial charge in [-0.1, -0.05) is 38.3 Å². The number of rotatable bonds is 5. The number of benzene rings is 1. The molecule has 2 heteroatoms. The predicted octanol–water partition coefficient (Wildman–Crippen LogP) is 3.99. The molecule has 0 aliphatic heterocycles. The summed E-state index contributed by atoms with van der Waals surface area (Å²) in [7, 11) is 2.24. The number of aryl methyl sites for hydroxylation is 1. The van der Waals surface area contributed by atoms with E-state index < -0.39 is 0 Å². The molecule has 1 fully saturated rings. The summed E-state index contributed by atoms with van der Waals surface area (Å²) in [5, 5.41) is 3.72. The fraction of sp³-hybridized carbons (Fsp3) is 0.667. The topological polar surface area (TPSA) is 15.3 Å². The molecule has 1 aliphatic rings. The minimum atomic E-state index is 0.703. The van der Waals surface area contributed by atoms with Crippen molar-refractivity contribution in [1.29, 1.82) is 0 Å². The SMILES string of the molecule is CCNC1CCCCCC1CN(C)c1cccc(C)c1. The lowest BCUT2D eigenvalue weighted by Crippen LogP contribution is -2.41. The molecular formula is C18H30N2. The van der Waals surface area contributed by atoms with Crippen molar-refractivity contribution in [3.05, 3.63) is 29.8 Å². The first kappa shape index (κ1) is 15.4. The van der Waals surface area contributed by atoms with E-state index in [1.165, 1.54) is 49.9 Å². The molecule has 0 radical (unpaired) electrons. The van der Waals surface area contributed by atoms with Crippen molar-refractivity contribution < 1.29 is 0 Å². The van der Waals surface area contributed by atoms with Crippen LogP contribution >= 0.6 is 0 Å². The molecule has 112 valence electrons. The van der Waals surface area contributed by atoms with Crippen LogP contribution in [0, 0.1) is 12.8 Å². The lowest BCUT2D eigenvalue weighted by molar-refractivity contribution is 0.343. The van der Waals surface area contributed by atoms with E-state index >= 15 is 0 Å². The maximum atomic E-state index is 3.72. The second-order valence-electron chi connectivity index (χ2n) is 6.28. The van der Waals surface area contributed by atoms with Gasteiger partial charge in [-0.25, -0.2) is 0 Å². The molecule has 2 atom stereocenters. The molecule has 2 unspecified atom stereocenters. The van der Waals surface area contributed by atoms with Crippen LogP contribution in [-0.4, -0.2) is 26.2 Å². The zero-order valence-corrected chi connectivity index (χ0v) is 13.4. The number of hydrogen-bond donors (Lipinski definition) is 1. The van der Waals surface area contributed by atoms with Crippen molar-refractivity contribution >= 4 is 5.69 Å². The average molecular weight is 274 g/mol. The van der Waals surface area contributed by atoms with Crippen LogP contribution in [0.4, 0.5) is 5.69 Å². The fourth-order valence-electron chi connectivity index (χ4n) is 3.46. The number of nitrogens with zero attached hydrogens (tertiary/aromatic N) is 1. The van der Waals surface area contributed by atoms with E-state index in [0.29, 0.717) is 6.04 Å². The summed E-state index contributed by atoms with van der Waals surface area (Å²) < 4.78 is 0. The predicted molar refractivity (Wildman–Crippen MR) is 88.5 cm³/mol. The number of anilines is 1. The van der Waals surface area contributed by atoms with Gasteiger partial charge >= 0.3 is 0 Å². The summed E-state index contributed by atoms with van der Waals surface area (Å²) in [6.07, 6.45) is 6.91. The van der Waals surface area contributed by atoms with Crippen LogP contribution in [0.3, 0.4) is 0 Å². The van der Waals surface area contributed by atoms with Gasteiger partial charge in [-0.05, 0) is 49.9 Å². The highest BCUT2D eigenvalue weighted by Gasteiger charge is 2.24. The van der Waals surface area contributed by atoms with Crippen molar-refractivity contribution in [3.63, 3.8) is 0 Å². The monoisotopic (exact) mass is 274 g/mol. The second-order valence-corrected chi connectivity index (χ2v) is 6.28. The van der Waals surface area contributed by atoms with E-state index in [-0.39, 0.29) is 0 Å². The first-order valence-electron chi connectivity index (χ1n) is 8.22. The molecule has 1 aromatic rings. The maximum absolute atomic E-state index is 3.72. The molecule has 2 nitrogen and oxygen atoms in total. The number of nitrogens with one attached hydrogen (secondary N) is 1. The Morgan fingerprint density at radius 1 is 1.20 bits per heavy atom. The van der Waals surface area contributed by atoms with Gasteiger partial charge in [0.2, 0.25) is 0 Å². The van der Waals surface area contributed by atoms with Crippen molar-refractivity contribution in [3.8, 4) is 0 Å². The molecule has 20 heavy (non-hydrogen) atoms. The molecule has 1 aliphatic carbocycles. The normalized spacial score (nSPS) is 23.4. The Morgan fingerprint density at radius 3 is 2.75 bits per heavy atom. The van der Waals surface area contributed by atoms with Gasteiger partial charge < -0.3 is 10.2 Å². The Morgan fingerprint density at radius 2 is 2.00 bits per heavy atom. The van der Waals surface area contributed by atoms with Crippen LogP contribution in [0.5, 0.6) is 0 Å². The summed E-state index contributed by atoms with van der Waals surface area (Å²) in [6, 6.07) is 9.56. The van der Waals surface area contributed by atoms with Crippen molar-refractivity contribution in [2.75, 3.05) is 25.0 Å². The van der Waals surface area contributed by atoms with Gasteiger partial charge in [-0.2, -0.15) is 0 Å². The van der Waals surface area contributed by atoms with Gasteiger partial charge in [0.05, 0.1) is 0 Å².